The highest BCUT2D eigenvalue weighted by Crippen LogP contribution is 2.32. The molecular formula is C8H13ClO. The molecule has 0 N–H and O–H groups in total. The van der Waals surface area contributed by atoms with Crippen LogP contribution in [0.15, 0.2) is 0 Å². The number of hydrogen-bond acceptors (Lipinski definition) is 1. The quantitative estimate of drug-likeness (QED) is 0.567. The van der Waals surface area contributed by atoms with Gasteiger partial charge < -0.3 is 4.79 Å². The molecule has 0 radical (unpaired) electrons. The van der Waals surface area contributed by atoms with E-state index in [0.29, 0.717) is 12.3 Å². The largest absolute Gasteiger partial charge is 0.300 e. The minimum atomic E-state index is 0.267. The zero-order valence-electron chi connectivity index (χ0n) is 6.27. The number of alkyl halides is 1. The summed E-state index contributed by atoms with van der Waals surface area (Å²) in [5.74, 6) is 0.747. The van der Waals surface area contributed by atoms with E-state index in [4.69, 9.17) is 11.6 Å². The van der Waals surface area contributed by atoms with E-state index < -0.39 is 0 Å². The lowest BCUT2D eigenvalue weighted by Gasteiger charge is -2.09. The fraction of sp³-hybridized carbons (Fsp3) is 0.875. The molecular weight excluding hydrogens is 148 g/mol. The Balaban J connectivity index is 2.33. The van der Waals surface area contributed by atoms with Crippen LogP contribution in [0.1, 0.15) is 32.6 Å². The molecule has 0 unspecified atom stereocenters. The molecule has 1 saturated carbocycles. The molecule has 0 aliphatic heterocycles. The van der Waals surface area contributed by atoms with Crippen molar-refractivity contribution in [2.45, 2.75) is 38.0 Å². The number of rotatable bonds is 2. The first-order valence-electron chi connectivity index (χ1n) is 3.83. The third kappa shape index (κ3) is 1.98. The van der Waals surface area contributed by atoms with Crippen molar-refractivity contribution in [1.29, 1.82) is 0 Å². The van der Waals surface area contributed by atoms with Crippen LogP contribution in [-0.4, -0.2) is 11.2 Å². The Morgan fingerprint density at radius 3 is 2.70 bits per heavy atom. The maximum absolute atomic E-state index is 10.7. The molecule has 2 heteroatoms. The van der Waals surface area contributed by atoms with E-state index in [1.54, 1.807) is 6.92 Å². The van der Waals surface area contributed by atoms with E-state index in [0.717, 1.165) is 12.8 Å². The summed E-state index contributed by atoms with van der Waals surface area (Å²) in [6.07, 6.45) is 4.13. The first-order valence-corrected chi connectivity index (χ1v) is 4.27. The van der Waals surface area contributed by atoms with Gasteiger partial charge in [0, 0.05) is 11.8 Å². The van der Waals surface area contributed by atoms with Crippen LogP contribution >= 0.6 is 11.6 Å². The van der Waals surface area contributed by atoms with Crippen LogP contribution in [0.5, 0.6) is 0 Å². The number of carbonyl (C=O) groups is 1. The SMILES string of the molecule is CC(=O)C[C@@H]1CCC[C@H]1Cl. The van der Waals surface area contributed by atoms with Crippen LogP contribution < -0.4 is 0 Å². The maximum atomic E-state index is 10.7. The highest BCUT2D eigenvalue weighted by atomic mass is 35.5. The molecule has 0 saturated heterocycles. The Labute approximate surface area is 66.8 Å². The average molecular weight is 161 g/mol. The first kappa shape index (κ1) is 8.06. The number of hydrogen-bond donors (Lipinski definition) is 0. The van der Waals surface area contributed by atoms with E-state index in [1.165, 1.54) is 6.42 Å². The van der Waals surface area contributed by atoms with Gasteiger partial charge in [-0.3, -0.25) is 0 Å². The van der Waals surface area contributed by atoms with Crippen LogP contribution in [0.2, 0.25) is 0 Å². The van der Waals surface area contributed by atoms with Gasteiger partial charge in [-0.15, -0.1) is 11.6 Å². The Morgan fingerprint density at radius 2 is 2.30 bits per heavy atom. The number of Topliss-reactive ketones (excluding diaryl/α,β-unsaturated/α-hetero) is 1. The van der Waals surface area contributed by atoms with Gasteiger partial charge in [0.25, 0.3) is 0 Å². The van der Waals surface area contributed by atoms with Crippen molar-refractivity contribution in [1.82, 2.24) is 0 Å². The Bertz CT molecular complexity index is 133. The van der Waals surface area contributed by atoms with Crippen LogP contribution in [0, 0.1) is 5.92 Å². The van der Waals surface area contributed by atoms with Gasteiger partial charge in [-0.25, -0.2) is 0 Å². The first-order chi connectivity index (χ1) is 4.70. The monoisotopic (exact) mass is 160 g/mol. The second-order valence-electron chi connectivity index (χ2n) is 3.11. The van der Waals surface area contributed by atoms with Crippen molar-refractivity contribution in [3.05, 3.63) is 0 Å². The highest BCUT2D eigenvalue weighted by Gasteiger charge is 2.25. The molecule has 1 aliphatic rings. The van der Waals surface area contributed by atoms with Crippen molar-refractivity contribution in [2.24, 2.45) is 5.92 Å². The van der Waals surface area contributed by atoms with Crippen LogP contribution in [-0.2, 0) is 4.79 Å². The topological polar surface area (TPSA) is 17.1 Å². The lowest BCUT2D eigenvalue weighted by atomic mass is 10.0. The summed E-state index contributed by atoms with van der Waals surface area (Å²) in [6, 6.07) is 0. The van der Waals surface area contributed by atoms with Gasteiger partial charge in [0.15, 0.2) is 0 Å². The Morgan fingerprint density at radius 1 is 1.60 bits per heavy atom. The van der Waals surface area contributed by atoms with Crippen molar-refractivity contribution in [3.8, 4) is 0 Å². The van der Waals surface area contributed by atoms with Crippen LogP contribution in [0.4, 0.5) is 0 Å². The van der Waals surface area contributed by atoms with Gasteiger partial charge in [0.1, 0.15) is 5.78 Å². The molecule has 10 heavy (non-hydrogen) atoms. The number of ketones is 1. The molecule has 0 aromatic heterocycles. The second-order valence-corrected chi connectivity index (χ2v) is 3.67. The van der Waals surface area contributed by atoms with E-state index in [9.17, 15) is 4.79 Å². The third-order valence-corrected chi connectivity index (χ3v) is 2.69. The van der Waals surface area contributed by atoms with Gasteiger partial charge >= 0.3 is 0 Å². The summed E-state index contributed by atoms with van der Waals surface area (Å²) in [4.78, 5) is 10.7. The smallest absolute Gasteiger partial charge is 0.130 e. The number of halogens is 1. The van der Waals surface area contributed by atoms with E-state index in [1.807, 2.05) is 0 Å². The summed E-state index contributed by atoms with van der Waals surface area (Å²) >= 11 is 5.97. The molecule has 0 aromatic carbocycles. The van der Waals surface area contributed by atoms with Crippen molar-refractivity contribution < 1.29 is 4.79 Å². The molecule has 2 atom stereocenters. The standard InChI is InChI=1S/C8H13ClO/c1-6(10)5-7-3-2-4-8(7)9/h7-8H,2-5H2,1H3/t7-,8+/m0/s1. The summed E-state index contributed by atoms with van der Waals surface area (Å²) < 4.78 is 0. The van der Waals surface area contributed by atoms with Crippen molar-refractivity contribution in [2.75, 3.05) is 0 Å². The van der Waals surface area contributed by atoms with Gasteiger partial charge in [0.2, 0.25) is 0 Å². The molecule has 0 amide bonds. The molecule has 0 bridgehead atoms. The summed E-state index contributed by atoms with van der Waals surface area (Å²) in [6.45, 7) is 1.64. The molecule has 0 spiro atoms. The number of carbonyl (C=O) groups excluding carboxylic acids is 1. The summed E-state index contributed by atoms with van der Waals surface area (Å²) in [5, 5.41) is 0.267. The van der Waals surface area contributed by atoms with Crippen LogP contribution in [0.25, 0.3) is 0 Å². The summed E-state index contributed by atoms with van der Waals surface area (Å²) in [5.41, 5.74) is 0. The predicted molar refractivity (Wildman–Crippen MR) is 42.3 cm³/mol. The van der Waals surface area contributed by atoms with Crippen LogP contribution in [0.3, 0.4) is 0 Å². The molecule has 1 fully saturated rings. The van der Waals surface area contributed by atoms with Gasteiger partial charge in [-0.2, -0.15) is 0 Å². The fourth-order valence-corrected chi connectivity index (χ4v) is 1.96. The molecule has 1 aliphatic carbocycles. The molecule has 1 rings (SSSR count). The third-order valence-electron chi connectivity index (χ3n) is 2.12. The normalized spacial score (nSPS) is 32.6. The van der Waals surface area contributed by atoms with Gasteiger partial charge in [-0.05, 0) is 25.7 Å². The predicted octanol–water partition coefficient (Wildman–Crippen LogP) is 2.37. The lowest BCUT2D eigenvalue weighted by Crippen LogP contribution is -2.10. The molecule has 58 valence electrons. The second kappa shape index (κ2) is 3.38. The zero-order chi connectivity index (χ0) is 7.56. The fourth-order valence-electron chi connectivity index (χ4n) is 1.59. The van der Waals surface area contributed by atoms with Gasteiger partial charge in [0.05, 0.1) is 0 Å². The van der Waals surface area contributed by atoms with Gasteiger partial charge in [-0.1, -0.05) is 6.42 Å². The average Bonchev–Trinajstić information content (AvgIpc) is 2.15. The van der Waals surface area contributed by atoms with Crippen molar-refractivity contribution >= 4 is 17.4 Å². The Kier molecular flexibility index (Phi) is 2.72. The minimum absolute atomic E-state index is 0.267. The highest BCUT2D eigenvalue weighted by molar-refractivity contribution is 6.21. The minimum Gasteiger partial charge on any atom is -0.300 e. The van der Waals surface area contributed by atoms with E-state index in [-0.39, 0.29) is 11.2 Å². The molecule has 0 aromatic rings. The van der Waals surface area contributed by atoms with E-state index in [2.05, 4.69) is 0 Å². The lowest BCUT2D eigenvalue weighted by molar-refractivity contribution is -0.117. The summed E-state index contributed by atoms with van der Waals surface area (Å²) in [7, 11) is 0. The Hall–Kier alpha value is -0.0400. The zero-order valence-corrected chi connectivity index (χ0v) is 7.03. The van der Waals surface area contributed by atoms with E-state index >= 15 is 0 Å². The maximum Gasteiger partial charge on any atom is 0.130 e. The van der Waals surface area contributed by atoms with Crippen molar-refractivity contribution in [3.63, 3.8) is 0 Å². The molecule has 1 nitrogen and oxygen atoms in total. The molecule has 0 heterocycles.